The molecule has 0 atom stereocenters. The zero-order chi connectivity index (χ0) is 22.4. The molecule has 1 aliphatic rings. The van der Waals surface area contributed by atoms with Crippen LogP contribution in [0.15, 0.2) is 72.0 Å². The summed E-state index contributed by atoms with van der Waals surface area (Å²) in [5, 5.41) is 7.68. The summed E-state index contributed by atoms with van der Waals surface area (Å²) in [5.41, 5.74) is 3.03. The molecule has 162 valence electrons. The molecule has 0 radical (unpaired) electrons. The van der Waals surface area contributed by atoms with Gasteiger partial charge in [0.15, 0.2) is 0 Å². The third-order valence-corrected chi connectivity index (χ3v) is 4.81. The fraction of sp³-hybridized carbons (Fsp3) is 0.217. The Balaban J connectivity index is 1.48. The summed E-state index contributed by atoms with van der Waals surface area (Å²) in [4.78, 5) is 23.7. The first-order valence-corrected chi connectivity index (χ1v) is 9.65. The Labute approximate surface area is 178 Å². The van der Waals surface area contributed by atoms with E-state index >= 15 is 0 Å². The van der Waals surface area contributed by atoms with Gasteiger partial charge in [-0.05, 0) is 41.3 Å². The van der Waals surface area contributed by atoms with Gasteiger partial charge in [-0.15, -0.1) is 0 Å². The molecule has 8 heteroatoms. The third kappa shape index (κ3) is 6.21. The number of urea groups is 1. The van der Waals surface area contributed by atoms with Crippen LogP contribution in [-0.2, 0) is 13.0 Å². The smallest absolute Gasteiger partial charge is 0.355 e. The molecule has 0 aliphatic heterocycles. The molecule has 2 aromatic carbocycles. The minimum absolute atomic E-state index is 0.139. The summed E-state index contributed by atoms with van der Waals surface area (Å²) in [7, 11) is 1.59. The van der Waals surface area contributed by atoms with Crippen molar-refractivity contribution >= 4 is 11.9 Å². The van der Waals surface area contributed by atoms with Crippen molar-refractivity contribution in [1.29, 1.82) is 0 Å². The highest BCUT2D eigenvalue weighted by molar-refractivity contribution is 5.94. The normalized spacial score (nSPS) is 13.3. The summed E-state index contributed by atoms with van der Waals surface area (Å²) >= 11 is 0. The van der Waals surface area contributed by atoms with Gasteiger partial charge in [0.1, 0.15) is 0 Å². The summed E-state index contributed by atoms with van der Waals surface area (Å²) in [5.74, 6) is -0.139. The predicted molar refractivity (Wildman–Crippen MR) is 111 cm³/mol. The van der Waals surface area contributed by atoms with Gasteiger partial charge < -0.3 is 16.0 Å². The van der Waals surface area contributed by atoms with Gasteiger partial charge >= 0.3 is 12.2 Å². The van der Waals surface area contributed by atoms with Crippen LogP contribution in [0.1, 0.15) is 33.5 Å². The van der Waals surface area contributed by atoms with E-state index in [9.17, 15) is 22.8 Å². The average Bonchev–Trinajstić information content (AvgIpc) is 3.22. The van der Waals surface area contributed by atoms with E-state index in [0.717, 1.165) is 22.8 Å². The first kappa shape index (κ1) is 22.1. The number of rotatable bonds is 6. The van der Waals surface area contributed by atoms with E-state index in [-0.39, 0.29) is 24.6 Å². The quantitative estimate of drug-likeness (QED) is 0.644. The van der Waals surface area contributed by atoms with E-state index in [1.807, 2.05) is 42.5 Å². The standard InChI is InChI=1S/C23H22F3N3O2/c1-27-21(30)18-4-2-3-17(12-18)11-15-5-7-16(8-6-15)14-28-22(31)29-20-10-9-19(13-20)23(24,25)26/h2-10,12H,11,13-14H2,1H3,(H,27,30)(H2,28,29,31). The summed E-state index contributed by atoms with van der Waals surface area (Å²) in [6.07, 6.45) is -1.84. The lowest BCUT2D eigenvalue weighted by Crippen LogP contribution is -2.34. The summed E-state index contributed by atoms with van der Waals surface area (Å²) < 4.78 is 37.9. The van der Waals surface area contributed by atoms with Crippen LogP contribution >= 0.6 is 0 Å². The summed E-state index contributed by atoms with van der Waals surface area (Å²) in [6.45, 7) is 0.241. The Bertz CT molecular complexity index is 1030. The van der Waals surface area contributed by atoms with Crippen molar-refractivity contribution in [2.45, 2.75) is 25.6 Å². The van der Waals surface area contributed by atoms with Crippen molar-refractivity contribution in [1.82, 2.24) is 16.0 Å². The maximum absolute atomic E-state index is 12.6. The van der Waals surface area contributed by atoms with E-state index in [2.05, 4.69) is 16.0 Å². The van der Waals surface area contributed by atoms with Crippen LogP contribution in [-0.4, -0.2) is 25.2 Å². The van der Waals surface area contributed by atoms with Gasteiger partial charge in [-0.2, -0.15) is 13.2 Å². The second-order valence-electron chi connectivity index (χ2n) is 7.14. The van der Waals surface area contributed by atoms with Crippen LogP contribution in [0.2, 0.25) is 0 Å². The molecule has 0 fully saturated rings. The molecule has 1 aliphatic carbocycles. The number of hydrogen-bond donors (Lipinski definition) is 3. The lowest BCUT2D eigenvalue weighted by molar-refractivity contribution is -0.0928. The van der Waals surface area contributed by atoms with Crippen molar-refractivity contribution < 1.29 is 22.8 Å². The van der Waals surface area contributed by atoms with Crippen LogP contribution in [0.3, 0.4) is 0 Å². The second kappa shape index (κ2) is 9.51. The van der Waals surface area contributed by atoms with E-state index in [4.69, 9.17) is 0 Å². The first-order valence-electron chi connectivity index (χ1n) is 9.65. The molecule has 3 amide bonds. The van der Waals surface area contributed by atoms with Gasteiger partial charge in [0.25, 0.3) is 5.91 Å². The van der Waals surface area contributed by atoms with Crippen molar-refractivity contribution in [3.05, 3.63) is 94.2 Å². The molecule has 0 unspecified atom stereocenters. The van der Waals surface area contributed by atoms with Gasteiger partial charge in [-0.25, -0.2) is 4.79 Å². The maximum atomic E-state index is 12.6. The molecule has 0 aromatic heterocycles. The molecule has 0 heterocycles. The number of halogens is 3. The molecular formula is C23H22F3N3O2. The molecule has 0 spiro atoms. The predicted octanol–water partition coefficient (Wildman–Crippen LogP) is 4.21. The van der Waals surface area contributed by atoms with Gasteiger partial charge in [-0.3, -0.25) is 4.79 Å². The number of allylic oxidation sites excluding steroid dienone is 3. The fourth-order valence-electron chi connectivity index (χ4n) is 3.15. The lowest BCUT2D eigenvalue weighted by atomic mass is 10.0. The van der Waals surface area contributed by atoms with Crippen LogP contribution in [0, 0.1) is 0 Å². The van der Waals surface area contributed by atoms with Gasteiger partial charge in [0.2, 0.25) is 0 Å². The van der Waals surface area contributed by atoms with Gasteiger partial charge in [0, 0.05) is 36.8 Å². The van der Waals surface area contributed by atoms with Gasteiger partial charge in [-0.1, -0.05) is 42.5 Å². The Kier molecular flexibility index (Phi) is 6.79. The number of carbonyl (C=O) groups is 2. The van der Waals surface area contributed by atoms with Crippen molar-refractivity contribution in [2.75, 3.05) is 7.05 Å². The Morgan fingerprint density at radius 2 is 1.68 bits per heavy atom. The van der Waals surface area contributed by atoms with Crippen LogP contribution in [0.5, 0.6) is 0 Å². The van der Waals surface area contributed by atoms with E-state index in [1.165, 1.54) is 6.08 Å². The molecule has 3 rings (SSSR count). The minimum atomic E-state index is -4.39. The van der Waals surface area contributed by atoms with E-state index in [0.29, 0.717) is 12.0 Å². The number of carbonyl (C=O) groups excluding carboxylic acids is 2. The van der Waals surface area contributed by atoms with Crippen molar-refractivity contribution in [3.8, 4) is 0 Å². The zero-order valence-electron chi connectivity index (χ0n) is 16.8. The SMILES string of the molecule is CNC(=O)c1cccc(Cc2ccc(CNC(=O)NC3=CC=C(C(F)(F)F)C3)cc2)c1. The lowest BCUT2D eigenvalue weighted by Gasteiger charge is -2.11. The highest BCUT2D eigenvalue weighted by atomic mass is 19.4. The Hall–Kier alpha value is -3.55. The average molecular weight is 429 g/mol. The third-order valence-electron chi connectivity index (χ3n) is 4.81. The Morgan fingerprint density at radius 1 is 0.968 bits per heavy atom. The van der Waals surface area contributed by atoms with E-state index < -0.39 is 17.8 Å². The minimum Gasteiger partial charge on any atom is -0.355 e. The molecule has 2 aromatic rings. The molecule has 0 saturated carbocycles. The Morgan fingerprint density at radius 3 is 2.32 bits per heavy atom. The topological polar surface area (TPSA) is 70.2 Å². The molecule has 31 heavy (non-hydrogen) atoms. The molecular weight excluding hydrogens is 407 g/mol. The summed E-state index contributed by atoms with van der Waals surface area (Å²) in [6, 6.07) is 14.4. The number of alkyl halides is 3. The monoisotopic (exact) mass is 429 g/mol. The fourth-order valence-corrected chi connectivity index (χ4v) is 3.15. The number of amides is 3. The second-order valence-corrected chi connectivity index (χ2v) is 7.14. The highest BCUT2D eigenvalue weighted by Gasteiger charge is 2.35. The van der Waals surface area contributed by atoms with Crippen LogP contribution in [0.4, 0.5) is 18.0 Å². The number of hydrogen-bond acceptors (Lipinski definition) is 2. The molecule has 3 N–H and O–H groups in total. The number of benzene rings is 2. The molecule has 0 bridgehead atoms. The largest absolute Gasteiger partial charge is 0.413 e. The first-order chi connectivity index (χ1) is 14.7. The molecule has 0 saturated heterocycles. The van der Waals surface area contributed by atoms with Crippen LogP contribution in [0.25, 0.3) is 0 Å². The van der Waals surface area contributed by atoms with Gasteiger partial charge in [0.05, 0.1) is 0 Å². The molecule has 5 nitrogen and oxygen atoms in total. The van der Waals surface area contributed by atoms with Crippen molar-refractivity contribution in [3.63, 3.8) is 0 Å². The van der Waals surface area contributed by atoms with Crippen molar-refractivity contribution in [2.24, 2.45) is 0 Å². The van der Waals surface area contributed by atoms with Crippen LogP contribution < -0.4 is 16.0 Å². The zero-order valence-corrected chi connectivity index (χ0v) is 16.8. The van der Waals surface area contributed by atoms with E-state index in [1.54, 1.807) is 13.1 Å². The highest BCUT2D eigenvalue weighted by Crippen LogP contribution is 2.33. The maximum Gasteiger partial charge on any atom is 0.413 e. The number of nitrogens with one attached hydrogen (secondary N) is 3.